The van der Waals surface area contributed by atoms with Crippen molar-refractivity contribution in [2.45, 2.75) is 0 Å². The van der Waals surface area contributed by atoms with E-state index in [9.17, 15) is 9.59 Å². The molecule has 0 saturated heterocycles. The summed E-state index contributed by atoms with van der Waals surface area (Å²) in [6.07, 6.45) is 0. The fourth-order valence-electron chi connectivity index (χ4n) is 1.51. The van der Waals surface area contributed by atoms with Gasteiger partial charge in [0.25, 0.3) is 0 Å². The van der Waals surface area contributed by atoms with Gasteiger partial charge in [-0.2, -0.15) is 0 Å². The van der Waals surface area contributed by atoms with Gasteiger partial charge in [-0.15, -0.1) is 0 Å². The first kappa shape index (κ1) is 19.3. The highest BCUT2D eigenvalue weighted by Gasteiger charge is 2.06. The van der Waals surface area contributed by atoms with E-state index >= 15 is 0 Å². The molecule has 10 N–H and O–H groups in total. The van der Waals surface area contributed by atoms with Crippen LogP contribution >= 0.6 is 8.81 Å². The topological polar surface area (TPSA) is 183 Å². The van der Waals surface area contributed by atoms with Crippen LogP contribution in [-0.2, 0) is 4.79 Å². The Kier molecular flexibility index (Phi) is 7.57. The first-order chi connectivity index (χ1) is 11.4. The number of carbonyl (C=O) groups excluding carboxylic acids is 2. The Balaban J connectivity index is 0.000000243. The molecule has 0 saturated carbocycles. The standard InChI is InChI=1S/C7H11N5O.C7H8NO2P/c8-3-6(13)11-5-2-1-4(9)7(10)12-5;8-6-4-2-1-3-5(6)7(9)11-10/h1-2H,3,8-9H2,(H3,10,11,12,13);1-4,10-11H,8H2. The summed E-state index contributed by atoms with van der Waals surface area (Å²) in [6.45, 7) is -0.0913. The second kappa shape index (κ2) is 9.41. The summed E-state index contributed by atoms with van der Waals surface area (Å²) in [4.78, 5) is 34.1. The monoisotopic (exact) mass is 350 g/mol. The Morgan fingerprint density at radius 1 is 1.08 bits per heavy atom. The number of anilines is 4. The quantitative estimate of drug-likeness (QED) is 0.332. The molecule has 0 spiro atoms. The lowest BCUT2D eigenvalue weighted by atomic mass is 10.2. The van der Waals surface area contributed by atoms with Gasteiger partial charge in [0.2, 0.25) is 11.4 Å². The Labute approximate surface area is 140 Å². The van der Waals surface area contributed by atoms with Crippen LogP contribution in [-0.4, -0.2) is 27.9 Å². The van der Waals surface area contributed by atoms with Crippen LogP contribution in [0.4, 0.5) is 23.0 Å². The average molecular weight is 350 g/mol. The van der Waals surface area contributed by atoms with Gasteiger partial charge < -0.3 is 33.1 Å². The zero-order chi connectivity index (χ0) is 18.1. The number of hydrogen-bond acceptors (Lipinski definition) is 8. The maximum atomic E-state index is 10.9. The third kappa shape index (κ3) is 5.81. The smallest absolute Gasteiger partial charge is 0.239 e. The van der Waals surface area contributed by atoms with Gasteiger partial charge in [-0.05, 0) is 24.3 Å². The van der Waals surface area contributed by atoms with E-state index in [0.29, 0.717) is 22.8 Å². The molecule has 1 amide bonds. The summed E-state index contributed by atoms with van der Waals surface area (Å²) in [5.41, 5.74) is 22.3. The number of pyridine rings is 1. The molecule has 0 aliphatic carbocycles. The molecule has 128 valence electrons. The van der Waals surface area contributed by atoms with Crippen molar-refractivity contribution in [3.05, 3.63) is 42.0 Å². The van der Waals surface area contributed by atoms with E-state index in [1.165, 1.54) is 0 Å². The van der Waals surface area contributed by atoms with Crippen LogP contribution in [0.15, 0.2) is 36.4 Å². The molecule has 24 heavy (non-hydrogen) atoms. The van der Waals surface area contributed by atoms with E-state index in [0.717, 1.165) is 0 Å². The molecular formula is C14H19N6O3P. The Hall–Kier alpha value is -2.74. The summed E-state index contributed by atoms with van der Waals surface area (Å²) in [7, 11) is -0.714. The van der Waals surface area contributed by atoms with Crippen LogP contribution in [0.5, 0.6) is 0 Å². The van der Waals surface area contributed by atoms with Gasteiger partial charge in [-0.1, -0.05) is 12.1 Å². The molecule has 1 aromatic carbocycles. The third-order valence-electron chi connectivity index (χ3n) is 2.72. The highest BCUT2D eigenvalue weighted by atomic mass is 31.1. The molecule has 0 radical (unpaired) electrons. The molecular weight excluding hydrogens is 331 g/mol. The number of benzene rings is 1. The average Bonchev–Trinajstić information content (AvgIpc) is 2.58. The molecule has 9 nitrogen and oxygen atoms in total. The zero-order valence-electron chi connectivity index (χ0n) is 12.7. The minimum absolute atomic E-state index is 0.0913. The molecule has 1 heterocycles. The Morgan fingerprint density at radius 2 is 1.75 bits per heavy atom. The van der Waals surface area contributed by atoms with Gasteiger partial charge in [-0.3, -0.25) is 9.59 Å². The van der Waals surface area contributed by atoms with Crippen molar-refractivity contribution in [2.24, 2.45) is 5.73 Å². The number of amides is 1. The first-order valence-corrected chi connectivity index (χ1v) is 7.64. The molecule has 10 heteroatoms. The van der Waals surface area contributed by atoms with Crippen LogP contribution in [0.2, 0.25) is 0 Å². The number of aromatic nitrogens is 1. The van der Waals surface area contributed by atoms with Gasteiger partial charge >= 0.3 is 0 Å². The second-order valence-corrected chi connectivity index (χ2v) is 5.13. The first-order valence-electron chi connectivity index (χ1n) is 6.69. The number of nitrogens with two attached hydrogens (primary N) is 4. The van der Waals surface area contributed by atoms with Gasteiger partial charge in [0.15, 0.2) is 0 Å². The zero-order valence-corrected chi connectivity index (χ0v) is 13.7. The number of para-hydroxylation sites is 1. The van der Waals surface area contributed by atoms with E-state index in [-0.39, 0.29) is 23.8 Å². The number of nitrogen functional groups attached to an aromatic ring is 3. The van der Waals surface area contributed by atoms with Gasteiger partial charge in [-0.25, -0.2) is 4.98 Å². The fraction of sp³-hybridized carbons (Fsp3) is 0.0714. The van der Waals surface area contributed by atoms with Crippen molar-refractivity contribution < 1.29 is 14.5 Å². The minimum atomic E-state index is -0.714. The van der Waals surface area contributed by atoms with Crippen LogP contribution < -0.4 is 28.3 Å². The predicted octanol–water partition coefficient (Wildman–Crippen LogP) is 0.138. The van der Waals surface area contributed by atoms with Crippen molar-refractivity contribution in [2.75, 3.05) is 29.1 Å². The van der Waals surface area contributed by atoms with Gasteiger partial charge in [0.05, 0.1) is 21.0 Å². The maximum Gasteiger partial charge on any atom is 0.239 e. The summed E-state index contributed by atoms with van der Waals surface area (Å²) >= 11 is 0. The predicted molar refractivity (Wildman–Crippen MR) is 96.5 cm³/mol. The van der Waals surface area contributed by atoms with E-state index in [1.54, 1.807) is 36.4 Å². The van der Waals surface area contributed by atoms with E-state index < -0.39 is 8.81 Å². The van der Waals surface area contributed by atoms with Crippen molar-refractivity contribution in [1.29, 1.82) is 0 Å². The van der Waals surface area contributed by atoms with Crippen LogP contribution in [0, 0.1) is 0 Å². The summed E-state index contributed by atoms with van der Waals surface area (Å²) in [6, 6.07) is 9.80. The number of nitrogens with one attached hydrogen (secondary N) is 1. The van der Waals surface area contributed by atoms with Crippen molar-refractivity contribution in [3.63, 3.8) is 0 Å². The lowest BCUT2D eigenvalue weighted by molar-refractivity contribution is -0.114. The van der Waals surface area contributed by atoms with Gasteiger partial charge in [0.1, 0.15) is 11.6 Å². The van der Waals surface area contributed by atoms with Crippen LogP contribution in [0.1, 0.15) is 10.4 Å². The maximum absolute atomic E-state index is 10.9. The normalized spacial score (nSPS) is 10.1. The Morgan fingerprint density at radius 3 is 2.29 bits per heavy atom. The highest BCUT2D eigenvalue weighted by Crippen LogP contribution is 2.19. The van der Waals surface area contributed by atoms with E-state index in [2.05, 4.69) is 10.3 Å². The number of carbonyl (C=O) groups is 2. The minimum Gasteiger partial charge on any atom is -0.398 e. The molecule has 1 unspecified atom stereocenters. The van der Waals surface area contributed by atoms with Crippen molar-refractivity contribution in [3.8, 4) is 0 Å². The largest absolute Gasteiger partial charge is 0.398 e. The lowest BCUT2D eigenvalue weighted by Gasteiger charge is -2.04. The molecule has 0 aliphatic heterocycles. The summed E-state index contributed by atoms with van der Waals surface area (Å²) in [5.74, 6) is 0.216. The van der Waals surface area contributed by atoms with Crippen molar-refractivity contribution >= 4 is 43.2 Å². The number of rotatable bonds is 4. The highest BCUT2D eigenvalue weighted by molar-refractivity contribution is 7.53. The van der Waals surface area contributed by atoms with Gasteiger partial charge in [0, 0.05) is 11.3 Å². The molecule has 0 aliphatic rings. The molecule has 2 aromatic rings. The molecule has 1 aromatic heterocycles. The van der Waals surface area contributed by atoms with Crippen molar-refractivity contribution in [1.82, 2.24) is 4.98 Å². The molecule has 0 fully saturated rings. The Bertz CT molecular complexity index is 725. The number of hydrogen-bond donors (Lipinski definition) is 6. The SMILES string of the molecule is NCC(=O)Nc1ccc(N)c(N)n1.Nc1ccccc1C(=O)PO. The lowest BCUT2D eigenvalue weighted by Crippen LogP contribution is -2.22. The second-order valence-electron chi connectivity index (χ2n) is 4.45. The third-order valence-corrected chi connectivity index (χ3v) is 3.19. The van der Waals surface area contributed by atoms with E-state index in [1.807, 2.05) is 0 Å². The molecule has 0 bridgehead atoms. The fourth-order valence-corrected chi connectivity index (χ4v) is 1.86. The molecule has 1 atom stereocenters. The number of nitrogens with zero attached hydrogens (tertiary/aromatic N) is 1. The molecule has 2 rings (SSSR count). The summed E-state index contributed by atoms with van der Waals surface area (Å²) in [5, 5.41) is 2.45. The summed E-state index contributed by atoms with van der Waals surface area (Å²) < 4.78 is 0. The van der Waals surface area contributed by atoms with Crippen LogP contribution in [0.25, 0.3) is 0 Å². The van der Waals surface area contributed by atoms with Crippen LogP contribution in [0.3, 0.4) is 0 Å². The van der Waals surface area contributed by atoms with E-state index in [4.69, 9.17) is 27.8 Å².